The number of rotatable bonds is 6. The second kappa shape index (κ2) is 7.45. The molecule has 1 fully saturated rings. The van der Waals surface area contributed by atoms with E-state index in [0.29, 0.717) is 36.2 Å². The molecular weight excluding hydrogens is 268 g/mol. The van der Waals surface area contributed by atoms with Crippen LogP contribution in [0.2, 0.25) is 0 Å². The van der Waals surface area contributed by atoms with Gasteiger partial charge in [-0.1, -0.05) is 12.8 Å². The predicted octanol–water partition coefficient (Wildman–Crippen LogP) is 1.84. The van der Waals surface area contributed by atoms with Crippen LogP contribution < -0.4 is 20.1 Å². The molecule has 1 aliphatic rings. The van der Waals surface area contributed by atoms with E-state index in [1.165, 1.54) is 19.3 Å². The number of anilines is 1. The van der Waals surface area contributed by atoms with Crippen molar-refractivity contribution < 1.29 is 9.47 Å². The van der Waals surface area contributed by atoms with Crippen molar-refractivity contribution in [3.8, 4) is 11.8 Å². The van der Waals surface area contributed by atoms with Gasteiger partial charge in [0.1, 0.15) is 0 Å². The van der Waals surface area contributed by atoms with Crippen LogP contribution in [0.1, 0.15) is 32.6 Å². The van der Waals surface area contributed by atoms with Gasteiger partial charge in [-0.2, -0.15) is 9.97 Å². The molecule has 2 unspecified atom stereocenters. The first-order chi connectivity index (χ1) is 10.2. The van der Waals surface area contributed by atoms with Gasteiger partial charge >= 0.3 is 0 Å². The van der Waals surface area contributed by atoms with Crippen LogP contribution in [-0.4, -0.2) is 43.3 Å². The lowest BCUT2D eigenvalue weighted by molar-refractivity contribution is 0.296. The SMILES string of the molecule is CCN(c1nc(OC)cc(OC)n1)C1CCCCC1CN. The third-order valence-corrected chi connectivity index (χ3v) is 4.26. The molecule has 2 N–H and O–H groups in total. The number of ether oxygens (including phenoxy) is 2. The van der Waals surface area contributed by atoms with Gasteiger partial charge in [-0.05, 0) is 32.2 Å². The minimum absolute atomic E-state index is 0.394. The highest BCUT2D eigenvalue weighted by Crippen LogP contribution is 2.31. The summed E-state index contributed by atoms with van der Waals surface area (Å²) in [6, 6.07) is 2.09. The molecule has 0 aliphatic heterocycles. The number of hydrogen-bond acceptors (Lipinski definition) is 6. The van der Waals surface area contributed by atoms with Crippen molar-refractivity contribution in [2.45, 2.75) is 38.6 Å². The first kappa shape index (κ1) is 15.8. The molecular formula is C15H26N4O2. The lowest BCUT2D eigenvalue weighted by atomic mass is 9.83. The second-order valence-electron chi connectivity index (χ2n) is 5.39. The molecule has 2 rings (SSSR count). The standard InChI is InChI=1S/C15H26N4O2/c1-4-19(12-8-6-5-7-11(12)10-16)15-17-13(20-2)9-14(18-15)21-3/h9,11-12H,4-8,10,16H2,1-3H3. The van der Waals surface area contributed by atoms with E-state index in [1.54, 1.807) is 20.3 Å². The molecule has 0 saturated heterocycles. The number of methoxy groups -OCH3 is 2. The molecule has 1 aromatic rings. The van der Waals surface area contributed by atoms with Gasteiger partial charge in [-0.15, -0.1) is 0 Å². The summed E-state index contributed by atoms with van der Waals surface area (Å²) >= 11 is 0. The van der Waals surface area contributed by atoms with Crippen molar-refractivity contribution in [2.75, 3.05) is 32.2 Å². The molecule has 6 nitrogen and oxygen atoms in total. The Morgan fingerprint density at radius 3 is 2.33 bits per heavy atom. The molecule has 1 aromatic heterocycles. The normalized spacial score (nSPS) is 21.9. The van der Waals surface area contributed by atoms with Gasteiger partial charge < -0.3 is 20.1 Å². The zero-order valence-corrected chi connectivity index (χ0v) is 13.2. The maximum atomic E-state index is 5.96. The van der Waals surface area contributed by atoms with Crippen molar-refractivity contribution in [3.63, 3.8) is 0 Å². The van der Waals surface area contributed by atoms with Crippen LogP contribution in [-0.2, 0) is 0 Å². The maximum Gasteiger partial charge on any atom is 0.232 e. The highest BCUT2D eigenvalue weighted by Gasteiger charge is 2.30. The average molecular weight is 294 g/mol. The molecule has 0 radical (unpaired) electrons. The Balaban J connectivity index is 2.31. The molecule has 2 atom stereocenters. The van der Waals surface area contributed by atoms with Crippen LogP contribution in [0.25, 0.3) is 0 Å². The molecule has 0 bridgehead atoms. The smallest absolute Gasteiger partial charge is 0.232 e. The van der Waals surface area contributed by atoms with Crippen LogP contribution in [0.15, 0.2) is 6.07 Å². The number of hydrogen-bond donors (Lipinski definition) is 1. The van der Waals surface area contributed by atoms with Crippen LogP contribution in [0, 0.1) is 5.92 Å². The van der Waals surface area contributed by atoms with E-state index in [2.05, 4.69) is 21.8 Å². The molecule has 1 saturated carbocycles. The monoisotopic (exact) mass is 294 g/mol. The van der Waals surface area contributed by atoms with E-state index in [4.69, 9.17) is 15.2 Å². The van der Waals surface area contributed by atoms with E-state index in [1.807, 2.05) is 0 Å². The molecule has 1 heterocycles. The van der Waals surface area contributed by atoms with Gasteiger partial charge in [0.2, 0.25) is 17.7 Å². The largest absolute Gasteiger partial charge is 0.481 e. The number of aromatic nitrogens is 2. The lowest BCUT2D eigenvalue weighted by Gasteiger charge is -2.39. The van der Waals surface area contributed by atoms with Crippen molar-refractivity contribution in [1.82, 2.24) is 9.97 Å². The third kappa shape index (κ3) is 3.56. The average Bonchev–Trinajstić information content (AvgIpc) is 2.55. The van der Waals surface area contributed by atoms with E-state index in [9.17, 15) is 0 Å². The van der Waals surface area contributed by atoms with E-state index in [-0.39, 0.29) is 0 Å². The topological polar surface area (TPSA) is 73.5 Å². The van der Waals surface area contributed by atoms with Crippen LogP contribution in [0.5, 0.6) is 11.8 Å². The van der Waals surface area contributed by atoms with Gasteiger partial charge in [0.25, 0.3) is 0 Å². The Kier molecular flexibility index (Phi) is 5.61. The zero-order chi connectivity index (χ0) is 15.2. The Bertz CT molecular complexity index is 433. The van der Waals surface area contributed by atoms with Crippen LogP contribution >= 0.6 is 0 Å². The van der Waals surface area contributed by atoms with E-state index >= 15 is 0 Å². The first-order valence-electron chi connectivity index (χ1n) is 7.67. The van der Waals surface area contributed by atoms with Gasteiger partial charge in [0.15, 0.2) is 0 Å². The summed E-state index contributed by atoms with van der Waals surface area (Å²) < 4.78 is 10.5. The summed E-state index contributed by atoms with van der Waals surface area (Å²) in [7, 11) is 3.20. The fourth-order valence-corrected chi connectivity index (χ4v) is 3.13. The summed E-state index contributed by atoms with van der Waals surface area (Å²) in [6.45, 7) is 3.68. The molecule has 0 aromatic carbocycles. The molecule has 0 amide bonds. The predicted molar refractivity (Wildman–Crippen MR) is 83.0 cm³/mol. The summed E-state index contributed by atoms with van der Waals surface area (Å²) in [4.78, 5) is 11.2. The fraction of sp³-hybridized carbons (Fsp3) is 0.733. The lowest BCUT2D eigenvalue weighted by Crippen LogP contribution is -2.46. The van der Waals surface area contributed by atoms with Crippen molar-refractivity contribution in [3.05, 3.63) is 6.07 Å². The molecule has 1 aliphatic carbocycles. The van der Waals surface area contributed by atoms with Crippen molar-refractivity contribution in [2.24, 2.45) is 11.7 Å². The van der Waals surface area contributed by atoms with Gasteiger partial charge in [-0.3, -0.25) is 0 Å². The zero-order valence-electron chi connectivity index (χ0n) is 13.2. The maximum absolute atomic E-state index is 5.96. The minimum Gasteiger partial charge on any atom is -0.481 e. The summed E-state index contributed by atoms with van der Waals surface area (Å²) in [6.07, 6.45) is 4.81. The second-order valence-corrected chi connectivity index (χ2v) is 5.39. The van der Waals surface area contributed by atoms with Gasteiger partial charge in [0.05, 0.1) is 20.3 Å². The molecule has 6 heteroatoms. The highest BCUT2D eigenvalue weighted by atomic mass is 16.5. The summed E-state index contributed by atoms with van der Waals surface area (Å²) in [5, 5.41) is 0. The fourth-order valence-electron chi connectivity index (χ4n) is 3.13. The first-order valence-corrected chi connectivity index (χ1v) is 7.67. The number of nitrogens with zero attached hydrogens (tertiary/aromatic N) is 3. The van der Waals surface area contributed by atoms with Crippen molar-refractivity contribution in [1.29, 1.82) is 0 Å². The highest BCUT2D eigenvalue weighted by molar-refractivity contribution is 5.38. The molecule has 21 heavy (non-hydrogen) atoms. The van der Waals surface area contributed by atoms with Crippen LogP contribution in [0.3, 0.4) is 0 Å². The Labute approximate surface area is 126 Å². The Morgan fingerprint density at radius 2 is 1.81 bits per heavy atom. The summed E-state index contributed by atoms with van der Waals surface area (Å²) in [5.74, 6) is 2.21. The number of nitrogens with two attached hydrogens (primary N) is 1. The molecule has 0 spiro atoms. The van der Waals surface area contributed by atoms with Gasteiger partial charge in [0, 0.05) is 12.6 Å². The van der Waals surface area contributed by atoms with Crippen molar-refractivity contribution >= 4 is 5.95 Å². The Morgan fingerprint density at radius 1 is 1.19 bits per heavy atom. The van der Waals surface area contributed by atoms with Crippen LogP contribution in [0.4, 0.5) is 5.95 Å². The Hall–Kier alpha value is -1.56. The molecule has 118 valence electrons. The van der Waals surface area contributed by atoms with Gasteiger partial charge in [-0.25, -0.2) is 0 Å². The summed E-state index contributed by atoms with van der Waals surface area (Å²) in [5.41, 5.74) is 5.96. The third-order valence-electron chi connectivity index (χ3n) is 4.26. The quantitative estimate of drug-likeness (QED) is 0.863. The minimum atomic E-state index is 0.394. The van der Waals surface area contributed by atoms with E-state index in [0.717, 1.165) is 13.0 Å². The van der Waals surface area contributed by atoms with E-state index < -0.39 is 0 Å².